The highest BCUT2D eigenvalue weighted by atomic mass is 16.7. The van der Waals surface area contributed by atoms with E-state index in [9.17, 15) is 4.79 Å². The lowest BCUT2D eigenvalue weighted by atomic mass is 10.3. The Balaban J connectivity index is 1.87. The quantitative estimate of drug-likeness (QED) is 0.787. The standard InChI is InChI=1S/C11H12N2O3/c14-10(13-9-5-2-1-3-6-9)16-11-12-7-4-8-15-11/h1-3,5-6H,4,7-8H2,(H,13,14). The van der Waals surface area contributed by atoms with E-state index in [0.717, 1.165) is 6.42 Å². The van der Waals surface area contributed by atoms with Gasteiger partial charge in [-0.05, 0) is 12.1 Å². The first-order valence-corrected chi connectivity index (χ1v) is 5.06. The zero-order chi connectivity index (χ0) is 11.2. The average Bonchev–Trinajstić information content (AvgIpc) is 2.31. The molecule has 0 aromatic heterocycles. The Labute approximate surface area is 93.1 Å². The molecule has 0 unspecified atom stereocenters. The van der Waals surface area contributed by atoms with E-state index in [4.69, 9.17) is 9.47 Å². The number of hydrogen-bond acceptors (Lipinski definition) is 4. The van der Waals surface area contributed by atoms with Gasteiger partial charge in [0, 0.05) is 18.7 Å². The fourth-order valence-electron chi connectivity index (χ4n) is 1.25. The summed E-state index contributed by atoms with van der Waals surface area (Å²) in [6.45, 7) is 1.17. The molecule has 16 heavy (non-hydrogen) atoms. The summed E-state index contributed by atoms with van der Waals surface area (Å²) in [6, 6.07) is 9.05. The molecule has 5 nitrogen and oxygen atoms in total. The van der Waals surface area contributed by atoms with Crippen molar-refractivity contribution in [2.75, 3.05) is 18.5 Å². The molecule has 1 aliphatic rings. The van der Waals surface area contributed by atoms with Gasteiger partial charge in [0.15, 0.2) is 0 Å². The number of para-hydroxylation sites is 1. The molecule has 0 aliphatic carbocycles. The summed E-state index contributed by atoms with van der Waals surface area (Å²) >= 11 is 0. The molecule has 1 aromatic carbocycles. The number of amides is 1. The van der Waals surface area contributed by atoms with Crippen LogP contribution in [0.4, 0.5) is 10.5 Å². The Kier molecular flexibility index (Phi) is 3.38. The fraction of sp³-hybridized carbons (Fsp3) is 0.273. The highest BCUT2D eigenvalue weighted by Gasteiger charge is 2.12. The van der Waals surface area contributed by atoms with Crippen molar-refractivity contribution in [2.24, 2.45) is 4.99 Å². The van der Waals surface area contributed by atoms with Gasteiger partial charge < -0.3 is 9.47 Å². The first kappa shape index (κ1) is 10.5. The van der Waals surface area contributed by atoms with E-state index < -0.39 is 6.09 Å². The Morgan fingerprint density at radius 3 is 2.88 bits per heavy atom. The molecule has 5 heteroatoms. The van der Waals surface area contributed by atoms with Crippen LogP contribution in [0.2, 0.25) is 0 Å². The van der Waals surface area contributed by atoms with E-state index in [2.05, 4.69) is 10.3 Å². The van der Waals surface area contributed by atoms with Crippen molar-refractivity contribution >= 4 is 17.9 Å². The van der Waals surface area contributed by atoms with E-state index >= 15 is 0 Å². The minimum Gasteiger partial charge on any atom is -0.450 e. The van der Waals surface area contributed by atoms with Gasteiger partial charge >= 0.3 is 12.2 Å². The molecule has 0 saturated heterocycles. The molecule has 1 heterocycles. The van der Waals surface area contributed by atoms with Crippen LogP contribution in [0, 0.1) is 0 Å². The number of rotatable bonds is 1. The number of ether oxygens (including phenoxy) is 2. The third-order valence-corrected chi connectivity index (χ3v) is 1.97. The van der Waals surface area contributed by atoms with Gasteiger partial charge in [-0.2, -0.15) is 0 Å². The first-order valence-electron chi connectivity index (χ1n) is 5.06. The second-order valence-electron chi connectivity index (χ2n) is 3.23. The molecule has 0 atom stereocenters. The number of nitrogens with one attached hydrogen (secondary N) is 1. The van der Waals surface area contributed by atoms with Crippen molar-refractivity contribution in [1.82, 2.24) is 0 Å². The average molecular weight is 220 g/mol. The second-order valence-corrected chi connectivity index (χ2v) is 3.23. The van der Waals surface area contributed by atoms with E-state index in [1.54, 1.807) is 12.1 Å². The van der Waals surface area contributed by atoms with E-state index in [1.165, 1.54) is 0 Å². The molecule has 84 valence electrons. The SMILES string of the molecule is O=C(Nc1ccccc1)OC1=NCCCO1. The van der Waals surface area contributed by atoms with Crippen molar-refractivity contribution < 1.29 is 14.3 Å². The number of carbonyl (C=O) groups excluding carboxylic acids is 1. The highest BCUT2D eigenvalue weighted by Crippen LogP contribution is 2.06. The van der Waals surface area contributed by atoms with Gasteiger partial charge in [0.05, 0.1) is 6.61 Å². The molecule has 1 aliphatic heterocycles. The lowest BCUT2D eigenvalue weighted by molar-refractivity contribution is 0.164. The van der Waals surface area contributed by atoms with E-state index in [0.29, 0.717) is 18.8 Å². The fourth-order valence-corrected chi connectivity index (χ4v) is 1.25. The molecule has 1 N–H and O–H groups in total. The van der Waals surface area contributed by atoms with Crippen molar-refractivity contribution in [2.45, 2.75) is 6.42 Å². The number of carbonyl (C=O) groups is 1. The Hall–Kier alpha value is -2.04. The zero-order valence-corrected chi connectivity index (χ0v) is 8.68. The predicted octanol–water partition coefficient (Wildman–Crippen LogP) is 2.01. The Bertz CT molecular complexity index is 389. The van der Waals surface area contributed by atoms with Crippen LogP contribution in [0.1, 0.15) is 6.42 Å². The summed E-state index contributed by atoms with van der Waals surface area (Å²) in [6.07, 6.45) is 0.305. The van der Waals surface area contributed by atoms with Gasteiger partial charge in [-0.25, -0.2) is 9.79 Å². The molecule has 0 spiro atoms. The smallest absolute Gasteiger partial charge is 0.420 e. The molecule has 0 saturated carbocycles. The molecule has 0 radical (unpaired) electrons. The summed E-state index contributed by atoms with van der Waals surface area (Å²) in [5.41, 5.74) is 0.670. The van der Waals surface area contributed by atoms with Crippen LogP contribution in [-0.4, -0.2) is 25.3 Å². The van der Waals surface area contributed by atoms with Gasteiger partial charge in [0.25, 0.3) is 0 Å². The maximum absolute atomic E-state index is 11.4. The predicted molar refractivity (Wildman–Crippen MR) is 59.4 cm³/mol. The third kappa shape index (κ3) is 2.98. The lowest BCUT2D eigenvalue weighted by Gasteiger charge is -2.12. The summed E-state index contributed by atoms with van der Waals surface area (Å²) < 4.78 is 9.93. The van der Waals surface area contributed by atoms with Crippen LogP contribution >= 0.6 is 0 Å². The molecule has 1 aromatic rings. The summed E-state index contributed by atoms with van der Waals surface area (Å²) in [5, 5.41) is 2.57. The first-order chi connectivity index (χ1) is 7.84. The van der Waals surface area contributed by atoms with Crippen molar-refractivity contribution in [3.8, 4) is 0 Å². The van der Waals surface area contributed by atoms with Crippen molar-refractivity contribution in [3.05, 3.63) is 30.3 Å². The van der Waals surface area contributed by atoms with Crippen LogP contribution in [0.15, 0.2) is 35.3 Å². The topological polar surface area (TPSA) is 59.9 Å². The van der Waals surface area contributed by atoms with Crippen LogP contribution < -0.4 is 5.32 Å². The van der Waals surface area contributed by atoms with Crippen LogP contribution in [0.25, 0.3) is 0 Å². The normalized spacial score (nSPS) is 14.6. The zero-order valence-electron chi connectivity index (χ0n) is 8.68. The summed E-state index contributed by atoms with van der Waals surface area (Å²) in [5.74, 6) is 0. The lowest BCUT2D eigenvalue weighted by Crippen LogP contribution is -2.23. The molecular weight excluding hydrogens is 208 g/mol. The van der Waals surface area contributed by atoms with Gasteiger partial charge in [-0.1, -0.05) is 18.2 Å². The van der Waals surface area contributed by atoms with Gasteiger partial charge in [0.2, 0.25) is 0 Å². The van der Waals surface area contributed by atoms with Crippen molar-refractivity contribution in [1.29, 1.82) is 0 Å². The molecule has 0 fully saturated rings. The maximum Gasteiger partial charge on any atom is 0.420 e. The summed E-state index contributed by atoms with van der Waals surface area (Å²) in [7, 11) is 0. The van der Waals surface area contributed by atoms with E-state index in [1.807, 2.05) is 18.2 Å². The van der Waals surface area contributed by atoms with Crippen LogP contribution in [-0.2, 0) is 9.47 Å². The third-order valence-electron chi connectivity index (χ3n) is 1.97. The number of benzene rings is 1. The minimum absolute atomic E-state index is 0.0414. The van der Waals surface area contributed by atoms with Gasteiger partial charge in [0.1, 0.15) is 0 Å². The van der Waals surface area contributed by atoms with Crippen LogP contribution in [0.5, 0.6) is 0 Å². The highest BCUT2D eigenvalue weighted by molar-refractivity contribution is 5.92. The second kappa shape index (κ2) is 5.16. The monoisotopic (exact) mass is 220 g/mol. The molecular formula is C11H12N2O3. The van der Waals surface area contributed by atoms with Gasteiger partial charge in [-0.3, -0.25) is 5.32 Å². The molecule has 2 rings (SSSR count). The largest absolute Gasteiger partial charge is 0.450 e. The minimum atomic E-state index is -0.591. The Morgan fingerprint density at radius 2 is 2.19 bits per heavy atom. The number of aliphatic imine (C=N–C) groups is 1. The Morgan fingerprint density at radius 1 is 1.38 bits per heavy atom. The number of hydrogen-bond donors (Lipinski definition) is 1. The number of anilines is 1. The van der Waals surface area contributed by atoms with E-state index in [-0.39, 0.29) is 6.08 Å². The summed E-state index contributed by atoms with van der Waals surface area (Å²) in [4.78, 5) is 15.3. The van der Waals surface area contributed by atoms with Gasteiger partial charge in [-0.15, -0.1) is 0 Å². The maximum atomic E-state index is 11.4. The molecule has 0 bridgehead atoms. The van der Waals surface area contributed by atoms with Crippen LogP contribution in [0.3, 0.4) is 0 Å². The number of nitrogens with zero attached hydrogens (tertiary/aromatic N) is 1. The van der Waals surface area contributed by atoms with Crippen molar-refractivity contribution in [3.63, 3.8) is 0 Å². The molecule has 1 amide bonds.